The number of hydrogen-bond donors (Lipinski definition) is 1. The fourth-order valence-corrected chi connectivity index (χ4v) is 2.74. The molecular formula is C16H24O6S. The molecule has 1 aromatic carbocycles. The van der Waals surface area contributed by atoms with E-state index in [1.54, 1.807) is 12.1 Å². The van der Waals surface area contributed by atoms with Crippen LogP contribution in [0.3, 0.4) is 0 Å². The van der Waals surface area contributed by atoms with Crippen LogP contribution in [0.5, 0.6) is 0 Å². The molecule has 1 heterocycles. The predicted octanol–water partition coefficient (Wildman–Crippen LogP) is 1.91. The Bertz CT molecular complexity index is 588. The molecule has 0 radical (unpaired) electrons. The average Bonchev–Trinajstić information content (AvgIpc) is 2.52. The number of hydrogen-bond acceptors (Lipinski definition) is 6. The van der Waals surface area contributed by atoms with Crippen molar-refractivity contribution in [2.75, 3.05) is 19.5 Å². The summed E-state index contributed by atoms with van der Waals surface area (Å²) in [6.07, 6.45) is 3.92. The molecule has 1 N–H and O–H groups in total. The summed E-state index contributed by atoms with van der Waals surface area (Å²) < 4.78 is 38.0. The lowest BCUT2D eigenvalue weighted by atomic mass is 9.96. The van der Waals surface area contributed by atoms with E-state index in [1.807, 2.05) is 12.1 Å². The van der Waals surface area contributed by atoms with Crippen LogP contribution < -0.4 is 0 Å². The first-order valence-corrected chi connectivity index (χ1v) is 9.47. The van der Waals surface area contributed by atoms with Crippen molar-refractivity contribution in [3.8, 4) is 0 Å². The topological polar surface area (TPSA) is 82.1 Å². The maximum Gasteiger partial charge on any atom is 0.264 e. The van der Waals surface area contributed by atoms with E-state index in [4.69, 9.17) is 9.47 Å². The molecule has 2 rings (SSSR count). The Morgan fingerprint density at radius 1 is 1.30 bits per heavy atom. The van der Waals surface area contributed by atoms with Gasteiger partial charge in [-0.25, -0.2) is 0 Å². The average molecular weight is 344 g/mol. The van der Waals surface area contributed by atoms with Crippen LogP contribution in [0.15, 0.2) is 24.3 Å². The predicted molar refractivity (Wildman–Crippen MR) is 85.2 cm³/mol. The zero-order valence-corrected chi connectivity index (χ0v) is 14.3. The summed E-state index contributed by atoms with van der Waals surface area (Å²) in [7, 11) is -3.59. The van der Waals surface area contributed by atoms with Crippen molar-refractivity contribution in [3.63, 3.8) is 0 Å². The van der Waals surface area contributed by atoms with E-state index in [9.17, 15) is 13.5 Å². The van der Waals surface area contributed by atoms with Gasteiger partial charge < -0.3 is 14.6 Å². The van der Waals surface area contributed by atoms with E-state index in [-0.39, 0.29) is 12.9 Å². The van der Waals surface area contributed by atoms with Gasteiger partial charge in [-0.05, 0) is 37.3 Å². The summed E-state index contributed by atoms with van der Waals surface area (Å²) in [6, 6.07) is 7.16. The van der Waals surface area contributed by atoms with Gasteiger partial charge in [-0.15, -0.1) is 0 Å². The number of aliphatic hydroxyl groups is 1. The minimum Gasteiger partial charge on any atom is -0.383 e. The summed E-state index contributed by atoms with van der Waals surface area (Å²) in [5.74, 6) is 0. The van der Waals surface area contributed by atoms with Crippen LogP contribution in [0.25, 0.3) is 0 Å². The van der Waals surface area contributed by atoms with Crippen molar-refractivity contribution in [2.45, 2.75) is 44.7 Å². The lowest BCUT2D eigenvalue weighted by Gasteiger charge is -2.24. The van der Waals surface area contributed by atoms with Crippen LogP contribution in [-0.2, 0) is 36.0 Å². The minimum absolute atomic E-state index is 0.144. The third-order valence-corrected chi connectivity index (χ3v) is 4.25. The molecule has 0 bridgehead atoms. The Morgan fingerprint density at radius 3 is 2.57 bits per heavy atom. The molecule has 7 heteroatoms. The quantitative estimate of drug-likeness (QED) is 0.761. The van der Waals surface area contributed by atoms with Gasteiger partial charge in [0.1, 0.15) is 5.60 Å². The lowest BCUT2D eigenvalue weighted by Crippen LogP contribution is -2.29. The number of ether oxygens (including phenoxy) is 2. The third-order valence-electron chi connectivity index (χ3n) is 3.70. The van der Waals surface area contributed by atoms with E-state index in [0.29, 0.717) is 12.2 Å². The molecule has 1 fully saturated rings. The van der Waals surface area contributed by atoms with Crippen molar-refractivity contribution < 1.29 is 27.2 Å². The Hall–Kier alpha value is -0.990. The Kier molecular flexibility index (Phi) is 6.16. The van der Waals surface area contributed by atoms with Gasteiger partial charge in [0.05, 0.1) is 19.5 Å². The van der Waals surface area contributed by atoms with Crippen LogP contribution >= 0.6 is 0 Å². The zero-order valence-electron chi connectivity index (χ0n) is 13.5. The van der Waals surface area contributed by atoms with Crippen molar-refractivity contribution in [3.05, 3.63) is 35.4 Å². The minimum atomic E-state index is -3.59. The largest absolute Gasteiger partial charge is 0.383 e. The zero-order chi connectivity index (χ0) is 16.9. The van der Waals surface area contributed by atoms with E-state index in [2.05, 4.69) is 4.18 Å². The van der Waals surface area contributed by atoms with Gasteiger partial charge in [-0.1, -0.05) is 24.3 Å². The van der Waals surface area contributed by atoms with Gasteiger partial charge in [0, 0.05) is 6.61 Å². The van der Waals surface area contributed by atoms with Crippen LogP contribution in [0.4, 0.5) is 0 Å². The molecule has 6 nitrogen and oxygen atoms in total. The molecule has 1 aliphatic rings. The van der Waals surface area contributed by atoms with Crippen molar-refractivity contribution in [1.29, 1.82) is 0 Å². The second-order valence-corrected chi connectivity index (χ2v) is 7.69. The first-order valence-electron chi connectivity index (χ1n) is 7.66. The summed E-state index contributed by atoms with van der Waals surface area (Å²) in [5.41, 5.74) is 0.163. The van der Waals surface area contributed by atoms with Gasteiger partial charge in [-0.3, -0.25) is 4.18 Å². The molecule has 0 aliphatic carbocycles. The molecule has 23 heavy (non-hydrogen) atoms. The molecular weight excluding hydrogens is 320 g/mol. The highest BCUT2D eigenvalue weighted by molar-refractivity contribution is 7.85. The highest BCUT2D eigenvalue weighted by Gasteiger charge is 2.25. The number of rotatable bonds is 7. The van der Waals surface area contributed by atoms with E-state index >= 15 is 0 Å². The monoisotopic (exact) mass is 344 g/mol. The first kappa shape index (κ1) is 18.4. The maximum atomic E-state index is 11.0. The molecule has 1 aromatic rings. The van der Waals surface area contributed by atoms with Gasteiger partial charge in [-0.2, -0.15) is 8.42 Å². The van der Waals surface area contributed by atoms with Crippen LogP contribution in [0, 0.1) is 0 Å². The van der Waals surface area contributed by atoms with Crippen LogP contribution in [0.2, 0.25) is 0 Å². The Labute approximate surface area is 137 Å². The SMILES string of the molecule is C[C@@](O)(COS(C)(=O)=O)c1ccc(COC2CCCCO2)cc1. The summed E-state index contributed by atoms with van der Waals surface area (Å²) in [4.78, 5) is 0. The molecule has 1 saturated heterocycles. The van der Waals surface area contributed by atoms with Crippen LogP contribution in [0.1, 0.15) is 37.3 Å². The van der Waals surface area contributed by atoms with Gasteiger partial charge >= 0.3 is 0 Å². The Morgan fingerprint density at radius 2 is 2.00 bits per heavy atom. The van der Waals surface area contributed by atoms with E-state index in [0.717, 1.165) is 37.7 Å². The molecule has 1 aliphatic heterocycles. The molecule has 0 saturated carbocycles. The fraction of sp³-hybridized carbons (Fsp3) is 0.625. The fourth-order valence-electron chi connectivity index (χ4n) is 2.30. The van der Waals surface area contributed by atoms with E-state index in [1.165, 1.54) is 6.92 Å². The summed E-state index contributed by atoms with van der Waals surface area (Å²) in [6.45, 7) is 2.37. The Balaban J connectivity index is 1.90. The lowest BCUT2D eigenvalue weighted by molar-refractivity contribution is -0.168. The molecule has 0 spiro atoms. The van der Waals surface area contributed by atoms with Gasteiger partial charge in [0.2, 0.25) is 0 Å². The molecule has 1 unspecified atom stereocenters. The molecule has 0 amide bonds. The standard InChI is InChI=1S/C16H24O6S/c1-16(17,12-22-23(2,18)19)14-8-6-13(7-9-14)11-21-15-5-3-4-10-20-15/h6-9,15,17H,3-5,10-12H2,1-2H3/t15?,16-/m1/s1. The van der Waals surface area contributed by atoms with Gasteiger partial charge in [0.25, 0.3) is 10.1 Å². The molecule has 0 aromatic heterocycles. The molecule has 2 atom stereocenters. The highest BCUT2D eigenvalue weighted by Crippen LogP contribution is 2.23. The highest BCUT2D eigenvalue weighted by atomic mass is 32.2. The van der Waals surface area contributed by atoms with Crippen molar-refractivity contribution >= 4 is 10.1 Å². The van der Waals surface area contributed by atoms with E-state index < -0.39 is 15.7 Å². The normalized spacial score (nSPS) is 21.8. The first-order chi connectivity index (χ1) is 10.8. The number of benzene rings is 1. The summed E-state index contributed by atoms with van der Waals surface area (Å²) >= 11 is 0. The third kappa shape index (κ3) is 6.19. The van der Waals surface area contributed by atoms with Crippen molar-refractivity contribution in [1.82, 2.24) is 0 Å². The summed E-state index contributed by atoms with van der Waals surface area (Å²) in [5, 5.41) is 10.3. The molecule has 130 valence electrons. The maximum absolute atomic E-state index is 11.0. The van der Waals surface area contributed by atoms with Gasteiger partial charge in [0.15, 0.2) is 6.29 Å². The second-order valence-electron chi connectivity index (χ2n) is 6.04. The van der Waals surface area contributed by atoms with Crippen molar-refractivity contribution in [2.24, 2.45) is 0 Å². The smallest absolute Gasteiger partial charge is 0.264 e. The van der Waals surface area contributed by atoms with Crippen LogP contribution in [-0.4, -0.2) is 39.3 Å². The second kappa shape index (κ2) is 7.72.